The van der Waals surface area contributed by atoms with E-state index in [-0.39, 0.29) is 5.91 Å². The quantitative estimate of drug-likeness (QED) is 0.766. The fourth-order valence-electron chi connectivity index (χ4n) is 3.73. The Balaban J connectivity index is 1.39. The van der Waals surface area contributed by atoms with Crippen LogP contribution >= 0.6 is 0 Å². The molecule has 1 amide bonds. The SMILES string of the molecule is Cc1ccccc1-c1cccc(CN2CCN(C(=O)c3ccc[nH]3)CC2)c1. The lowest BCUT2D eigenvalue weighted by Crippen LogP contribution is -2.48. The van der Waals surface area contributed by atoms with Gasteiger partial charge in [0.2, 0.25) is 0 Å². The third kappa shape index (κ3) is 3.96. The van der Waals surface area contributed by atoms with Gasteiger partial charge in [-0.15, -0.1) is 0 Å². The van der Waals surface area contributed by atoms with E-state index in [9.17, 15) is 4.79 Å². The van der Waals surface area contributed by atoms with Crippen LogP contribution in [0.15, 0.2) is 66.9 Å². The molecule has 2 heterocycles. The van der Waals surface area contributed by atoms with Crippen molar-refractivity contribution in [2.75, 3.05) is 26.2 Å². The molecule has 0 spiro atoms. The number of aryl methyl sites for hydroxylation is 1. The predicted octanol–water partition coefficient (Wildman–Crippen LogP) is 3.95. The van der Waals surface area contributed by atoms with Crippen molar-refractivity contribution in [3.63, 3.8) is 0 Å². The molecule has 2 aromatic carbocycles. The third-order valence-corrected chi connectivity index (χ3v) is 5.28. The number of amides is 1. The Morgan fingerprint density at radius 2 is 1.78 bits per heavy atom. The number of hydrogen-bond donors (Lipinski definition) is 1. The average molecular weight is 359 g/mol. The highest BCUT2D eigenvalue weighted by Gasteiger charge is 2.22. The van der Waals surface area contributed by atoms with Crippen molar-refractivity contribution in [3.05, 3.63) is 83.7 Å². The summed E-state index contributed by atoms with van der Waals surface area (Å²) in [6.45, 7) is 6.43. The smallest absolute Gasteiger partial charge is 0.270 e. The standard InChI is InChI=1S/C23H25N3O/c1-18-6-2-3-9-21(18)20-8-4-7-19(16-20)17-25-12-14-26(15-13-25)23(27)22-10-5-11-24-22/h2-11,16,24H,12-15,17H2,1H3. The van der Waals surface area contributed by atoms with Crippen molar-refractivity contribution >= 4 is 5.91 Å². The molecule has 4 nitrogen and oxygen atoms in total. The summed E-state index contributed by atoms with van der Waals surface area (Å²) < 4.78 is 0. The number of hydrogen-bond acceptors (Lipinski definition) is 2. The molecule has 0 saturated carbocycles. The van der Waals surface area contributed by atoms with Gasteiger partial charge in [0.1, 0.15) is 5.69 Å². The molecule has 1 aromatic heterocycles. The van der Waals surface area contributed by atoms with Gasteiger partial charge < -0.3 is 9.88 Å². The lowest BCUT2D eigenvalue weighted by Gasteiger charge is -2.34. The molecular formula is C23H25N3O. The summed E-state index contributed by atoms with van der Waals surface area (Å²) in [5.74, 6) is 0.0983. The van der Waals surface area contributed by atoms with Crippen molar-refractivity contribution in [2.24, 2.45) is 0 Å². The van der Waals surface area contributed by atoms with Crippen molar-refractivity contribution in [1.29, 1.82) is 0 Å². The molecule has 4 rings (SSSR count). The number of aromatic amines is 1. The summed E-state index contributed by atoms with van der Waals surface area (Å²) >= 11 is 0. The van der Waals surface area contributed by atoms with E-state index in [1.807, 2.05) is 17.0 Å². The second-order valence-electron chi connectivity index (χ2n) is 7.17. The Kier molecular flexibility index (Phi) is 5.07. The molecule has 138 valence electrons. The minimum Gasteiger partial charge on any atom is -0.357 e. The largest absolute Gasteiger partial charge is 0.357 e. The van der Waals surface area contributed by atoms with Crippen molar-refractivity contribution in [1.82, 2.24) is 14.8 Å². The summed E-state index contributed by atoms with van der Waals surface area (Å²) in [5.41, 5.74) is 5.85. The van der Waals surface area contributed by atoms with Gasteiger partial charge in [0, 0.05) is 38.9 Å². The van der Waals surface area contributed by atoms with E-state index < -0.39 is 0 Å². The van der Waals surface area contributed by atoms with E-state index >= 15 is 0 Å². The van der Waals surface area contributed by atoms with Crippen LogP contribution in [0.25, 0.3) is 11.1 Å². The predicted molar refractivity (Wildman–Crippen MR) is 109 cm³/mol. The summed E-state index contributed by atoms with van der Waals surface area (Å²) in [7, 11) is 0. The van der Waals surface area contributed by atoms with Crippen LogP contribution in [-0.2, 0) is 6.54 Å². The minimum absolute atomic E-state index is 0.0983. The van der Waals surface area contributed by atoms with Gasteiger partial charge in [-0.3, -0.25) is 9.69 Å². The first-order valence-corrected chi connectivity index (χ1v) is 9.51. The number of piperazine rings is 1. The summed E-state index contributed by atoms with van der Waals surface area (Å²) in [5, 5.41) is 0. The molecule has 1 aliphatic rings. The van der Waals surface area contributed by atoms with Crippen LogP contribution in [0.4, 0.5) is 0 Å². The van der Waals surface area contributed by atoms with Crippen LogP contribution < -0.4 is 0 Å². The molecule has 1 fully saturated rings. The zero-order valence-electron chi connectivity index (χ0n) is 15.7. The number of aromatic nitrogens is 1. The number of H-pyrrole nitrogens is 1. The van der Waals surface area contributed by atoms with Crippen molar-refractivity contribution < 1.29 is 4.79 Å². The van der Waals surface area contributed by atoms with E-state index in [0.29, 0.717) is 5.69 Å². The molecule has 4 heteroatoms. The zero-order chi connectivity index (χ0) is 18.6. The maximum absolute atomic E-state index is 12.4. The molecule has 0 atom stereocenters. The topological polar surface area (TPSA) is 39.3 Å². The van der Waals surface area contributed by atoms with E-state index in [4.69, 9.17) is 0 Å². The molecule has 0 aliphatic carbocycles. The average Bonchev–Trinajstić information content (AvgIpc) is 3.23. The number of benzene rings is 2. The van der Waals surface area contributed by atoms with Crippen LogP contribution in [0.1, 0.15) is 21.6 Å². The van der Waals surface area contributed by atoms with Crippen LogP contribution in [0.3, 0.4) is 0 Å². The lowest BCUT2D eigenvalue weighted by molar-refractivity contribution is 0.0623. The normalized spacial score (nSPS) is 15.1. The zero-order valence-corrected chi connectivity index (χ0v) is 15.7. The number of nitrogens with zero attached hydrogens (tertiary/aromatic N) is 2. The summed E-state index contributed by atoms with van der Waals surface area (Å²) in [6, 6.07) is 21.0. The fraction of sp³-hybridized carbons (Fsp3) is 0.261. The first-order valence-electron chi connectivity index (χ1n) is 9.51. The van der Waals surface area contributed by atoms with Gasteiger partial charge in [0.15, 0.2) is 0 Å². The lowest BCUT2D eigenvalue weighted by atomic mass is 9.99. The van der Waals surface area contributed by atoms with Gasteiger partial charge in [-0.25, -0.2) is 0 Å². The molecule has 27 heavy (non-hydrogen) atoms. The summed E-state index contributed by atoms with van der Waals surface area (Å²) in [6.07, 6.45) is 1.80. The number of carbonyl (C=O) groups is 1. The Bertz CT molecular complexity index is 909. The third-order valence-electron chi connectivity index (χ3n) is 5.28. The van der Waals surface area contributed by atoms with Crippen LogP contribution in [-0.4, -0.2) is 46.9 Å². The second kappa shape index (κ2) is 7.80. The highest BCUT2D eigenvalue weighted by molar-refractivity contribution is 5.92. The van der Waals surface area contributed by atoms with E-state index in [1.165, 1.54) is 22.3 Å². The first kappa shape index (κ1) is 17.6. The Labute approximate surface area is 160 Å². The molecular weight excluding hydrogens is 334 g/mol. The van der Waals surface area contributed by atoms with E-state index in [0.717, 1.165) is 32.7 Å². The molecule has 0 radical (unpaired) electrons. The Hall–Kier alpha value is -2.85. The van der Waals surface area contributed by atoms with Crippen LogP contribution in [0, 0.1) is 6.92 Å². The van der Waals surface area contributed by atoms with Crippen molar-refractivity contribution in [3.8, 4) is 11.1 Å². The maximum atomic E-state index is 12.4. The van der Waals surface area contributed by atoms with Gasteiger partial charge >= 0.3 is 0 Å². The maximum Gasteiger partial charge on any atom is 0.270 e. The van der Waals surface area contributed by atoms with Crippen LogP contribution in [0.5, 0.6) is 0 Å². The number of nitrogens with one attached hydrogen (secondary N) is 1. The molecule has 1 saturated heterocycles. The number of rotatable bonds is 4. The monoisotopic (exact) mass is 359 g/mol. The highest BCUT2D eigenvalue weighted by Crippen LogP contribution is 2.24. The van der Waals surface area contributed by atoms with Gasteiger partial charge in [0.05, 0.1) is 0 Å². The summed E-state index contributed by atoms with van der Waals surface area (Å²) in [4.78, 5) is 19.8. The molecule has 0 unspecified atom stereocenters. The highest BCUT2D eigenvalue weighted by atomic mass is 16.2. The molecule has 3 aromatic rings. The molecule has 0 bridgehead atoms. The molecule has 1 N–H and O–H groups in total. The molecule has 1 aliphatic heterocycles. The van der Waals surface area contributed by atoms with E-state index in [1.54, 1.807) is 6.20 Å². The first-order chi connectivity index (χ1) is 13.2. The van der Waals surface area contributed by atoms with Gasteiger partial charge in [-0.1, -0.05) is 42.5 Å². The van der Waals surface area contributed by atoms with E-state index in [2.05, 4.69) is 65.3 Å². The van der Waals surface area contributed by atoms with Crippen molar-refractivity contribution in [2.45, 2.75) is 13.5 Å². The Morgan fingerprint density at radius 1 is 0.963 bits per heavy atom. The van der Waals surface area contributed by atoms with Gasteiger partial charge in [-0.2, -0.15) is 0 Å². The fourth-order valence-corrected chi connectivity index (χ4v) is 3.73. The number of carbonyl (C=O) groups excluding carboxylic acids is 1. The van der Waals surface area contributed by atoms with Crippen LogP contribution in [0.2, 0.25) is 0 Å². The minimum atomic E-state index is 0.0983. The Morgan fingerprint density at radius 3 is 2.52 bits per heavy atom. The van der Waals surface area contributed by atoms with Gasteiger partial charge in [-0.05, 0) is 47.4 Å². The van der Waals surface area contributed by atoms with Gasteiger partial charge in [0.25, 0.3) is 5.91 Å². The second-order valence-corrected chi connectivity index (χ2v) is 7.17.